The molecule has 5 heteroatoms. The van der Waals surface area contributed by atoms with Crippen molar-refractivity contribution in [2.75, 3.05) is 0 Å². The molecule has 0 aliphatic rings. The highest BCUT2D eigenvalue weighted by Crippen LogP contribution is 2.30. The monoisotopic (exact) mass is 287 g/mol. The Morgan fingerprint density at radius 2 is 1.80 bits per heavy atom. The maximum atomic E-state index is 11.3. The Morgan fingerprint density at radius 1 is 1.10 bits per heavy atom. The number of rotatable bonds is 4. The van der Waals surface area contributed by atoms with E-state index >= 15 is 0 Å². The Morgan fingerprint density at radius 3 is 2.40 bits per heavy atom. The minimum atomic E-state index is -2.40. The molecule has 0 spiro atoms. The number of carboxylic acids is 1. The van der Waals surface area contributed by atoms with Crippen LogP contribution in [0.25, 0.3) is 17.2 Å². The van der Waals surface area contributed by atoms with Crippen LogP contribution in [0.15, 0.2) is 59.5 Å². The van der Waals surface area contributed by atoms with Gasteiger partial charge in [-0.3, -0.25) is 4.21 Å². The molecule has 0 radical (unpaired) electrons. The summed E-state index contributed by atoms with van der Waals surface area (Å²) in [6.07, 6.45) is 2.38. The highest BCUT2D eigenvalue weighted by atomic mass is 32.2. The van der Waals surface area contributed by atoms with Gasteiger partial charge in [0.25, 0.3) is 0 Å². The Hall–Kier alpha value is -2.24. The number of carboxylic acid groups (broad SMARTS) is 1. The minimum absolute atomic E-state index is 0.142. The first-order valence-electron chi connectivity index (χ1n) is 5.78. The highest BCUT2D eigenvalue weighted by molar-refractivity contribution is 7.79. The van der Waals surface area contributed by atoms with Gasteiger partial charge in [0.1, 0.15) is 0 Å². The summed E-state index contributed by atoms with van der Waals surface area (Å²) in [7, 11) is 0. The second-order valence-corrected chi connectivity index (χ2v) is 4.90. The van der Waals surface area contributed by atoms with Gasteiger partial charge in [-0.15, -0.1) is 0 Å². The molecule has 102 valence electrons. The Balaban J connectivity index is 2.67. The molecule has 0 aromatic heterocycles. The summed E-state index contributed by atoms with van der Waals surface area (Å²) >= 11 is -2.40. The van der Waals surface area contributed by atoms with Crippen molar-refractivity contribution in [2.45, 2.75) is 4.90 Å². The van der Waals surface area contributed by atoms with Crippen molar-refractivity contribution < 1.29 is 18.7 Å². The Labute approximate surface area is 118 Å². The van der Waals surface area contributed by atoms with Gasteiger partial charge >= 0.3 is 5.97 Å². The van der Waals surface area contributed by atoms with E-state index in [0.29, 0.717) is 11.1 Å². The predicted octanol–water partition coefficient (Wildman–Crippen LogP) is 2.69. The molecule has 20 heavy (non-hydrogen) atoms. The molecule has 1 unspecified atom stereocenters. The van der Waals surface area contributed by atoms with Gasteiger partial charge in [0.2, 0.25) is 0 Å². The highest BCUT2D eigenvalue weighted by Gasteiger charge is 2.09. The largest absolute Gasteiger partial charge is 0.768 e. The summed E-state index contributed by atoms with van der Waals surface area (Å²) in [5.41, 5.74) is 1.76. The van der Waals surface area contributed by atoms with Crippen molar-refractivity contribution in [1.29, 1.82) is 0 Å². The van der Waals surface area contributed by atoms with Crippen LogP contribution in [-0.4, -0.2) is 19.8 Å². The van der Waals surface area contributed by atoms with Crippen LogP contribution >= 0.6 is 0 Å². The fourth-order valence-corrected chi connectivity index (χ4v) is 2.49. The predicted molar refractivity (Wildman–Crippen MR) is 75.7 cm³/mol. The zero-order valence-corrected chi connectivity index (χ0v) is 11.2. The van der Waals surface area contributed by atoms with Crippen LogP contribution in [0.5, 0.6) is 0 Å². The fourth-order valence-electron chi connectivity index (χ4n) is 1.90. The van der Waals surface area contributed by atoms with Crippen LogP contribution < -0.4 is 0 Å². The standard InChI is InChI=1S/C15H12O4S/c16-14(17)10-9-12-7-4-8-13(20(18)19)15(12)11-5-2-1-3-6-11/h1-10H,(H,16,17)(H,18,19)/p-1. The van der Waals surface area contributed by atoms with Crippen LogP contribution in [0.3, 0.4) is 0 Å². The molecular weight excluding hydrogens is 276 g/mol. The number of carbonyl (C=O) groups is 1. The third-order valence-corrected chi connectivity index (χ3v) is 3.41. The van der Waals surface area contributed by atoms with Crippen molar-refractivity contribution in [3.8, 4) is 11.1 Å². The molecule has 1 N–H and O–H groups in total. The molecular formula is C15H11O4S-. The van der Waals surface area contributed by atoms with E-state index in [1.54, 1.807) is 36.4 Å². The first-order chi connectivity index (χ1) is 9.59. The number of hydrogen-bond acceptors (Lipinski definition) is 3. The van der Waals surface area contributed by atoms with Gasteiger partial charge in [-0.2, -0.15) is 0 Å². The average molecular weight is 287 g/mol. The van der Waals surface area contributed by atoms with E-state index in [2.05, 4.69) is 0 Å². The van der Waals surface area contributed by atoms with Crippen molar-refractivity contribution in [3.63, 3.8) is 0 Å². The maximum absolute atomic E-state index is 11.3. The van der Waals surface area contributed by atoms with Crippen molar-refractivity contribution in [1.82, 2.24) is 0 Å². The van der Waals surface area contributed by atoms with Crippen molar-refractivity contribution >= 4 is 23.1 Å². The average Bonchev–Trinajstić information content (AvgIpc) is 2.45. The third kappa shape index (κ3) is 3.20. The van der Waals surface area contributed by atoms with Crippen LogP contribution in [-0.2, 0) is 15.9 Å². The molecule has 2 aromatic carbocycles. The van der Waals surface area contributed by atoms with Gasteiger partial charge in [-0.25, -0.2) is 4.79 Å². The van der Waals surface area contributed by atoms with E-state index in [1.807, 2.05) is 6.07 Å². The lowest BCUT2D eigenvalue weighted by atomic mass is 9.99. The normalized spacial score (nSPS) is 12.4. The number of aliphatic carboxylic acids is 1. The van der Waals surface area contributed by atoms with Crippen LogP contribution in [0.2, 0.25) is 0 Å². The summed E-state index contributed by atoms with van der Waals surface area (Å²) in [4.78, 5) is 10.8. The minimum Gasteiger partial charge on any atom is -0.768 e. The molecule has 0 fully saturated rings. The molecule has 0 saturated carbocycles. The summed E-state index contributed by atoms with van der Waals surface area (Å²) < 4.78 is 22.7. The van der Waals surface area contributed by atoms with Gasteiger partial charge in [-0.05, 0) is 34.3 Å². The zero-order valence-electron chi connectivity index (χ0n) is 10.4. The fraction of sp³-hybridized carbons (Fsp3) is 0. The summed E-state index contributed by atoms with van der Waals surface area (Å²) in [5.74, 6) is -1.09. The van der Waals surface area contributed by atoms with Crippen LogP contribution in [0.1, 0.15) is 5.56 Å². The van der Waals surface area contributed by atoms with E-state index < -0.39 is 17.0 Å². The van der Waals surface area contributed by atoms with E-state index in [-0.39, 0.29) is 4.90 Å². The molecule has 0 amide bonds. The van der Waals surface area contributed by atoms with Gasteiger partial charge in [-0.1, -0.05) is 42.5 Å². The molecule has 4 nitrogen and oxygen atoms in total. The van der Waals surface area contributed by atoms with Crippen LogP contribution in [0, 0.1) is 0 Å². The summed E-state index contributed by atoms with van der Waals surface area (Å²) in [5, 5.41) is 8.71. The summed E-state index contributed by atoms with van der Waals surface area (Å²) in [6.45, 7) is 0. The van der Waals surface area contributed by atoms with E-state index in [1.165, 1.54) is 12.1 Å². The van der Waals surface area contributed by atoms with Gasteiger partial charge < -0.3 is 9.66 Å². The van der Waals surface area contributed by atoms with Crippen molar-refractivity contribution in [3.05, 3.63) is 60.2 Å². The SMILES string of the molecule is O=C(O)C=Cc1cccc(S(=O)[O-])c1-c1ccccc1. The topological polar surface area (TPSA) is 77.4 Å². The molecule has 0 aliphatic carbocycles. The molecule has 1 atom stereocenters. The second-order valence-electron chi connectivity index (χ2n) is 3.99. The third-order valence-electron chi connectivity index (χ3n) is 2.71. The van der Waals surface area contributed by atoms with E-state index in [9.17, 15) is 13.6 Å². The lowest BCUT2D eigenvalue weighted by Gasteiger charge is -2.15. The molecule has 0 saturated heterocycles. The van der Waals surface area contributed by atoms with Gasteiger partial charge in [0.05, 0.1) is 0 Å². The number of hydrogen-bond donors (Lipinski definition) is 1. The number of benzene rings is 2. The Bertz CT molecular complexity index is 678. The molecule has 2 aromatic rings. The quantitative estimate of drug-likeness (QED) is 0.692. The maximum Gasteiger partial charge on any atom is 0.328 e. The van der Waals surface area contributed by atoms with E-state index in [0.717, 1.165) is 11.6 Å². The van der Waals surface area contributed by atoms with E-state index in [4.69, 9.17) is 5.11 Å². The van der Waals surface area contributed by atoms with Gasteiger partial charge in [0.15, 0.2) is 0 Å². The molecule has 2 rings (SSSR count). The lowest BCUT2D eigenvalue weighted by Crippen LogP contribution is -1.96. The lowest BCUT2D eigenvalue weighted by molar-refractivity contribution is -0.131. The Kier molecular flexibility index (Phi) is 4.45. The smallest absolute Gasteiger partial charge is 0.328 e. The van der Waals surface area contributed by atoms with Crippen LogP contribution in [0.4, 0.5) is 0 Å². The second kappa shape index (κ2) is 6.27. The molecule has 0 aliphatic heterocycles. The first-order valence-corrected chi connectivity index (χ1v) is 6.86. The molecule has 0 bridgehead atoms. The van der Waals surface area contributed by atoms with Crippen molar-refractivity contribution in [2.24, 2.45) is 0 Å². The van der Waals surface area contributed by atoms with Gasteiger partial charge in [0, 0.05) is 16.5 Å². The zero-order chi connectivity index (χ0) is 14.5. The molecule has 0 heterocycles. The first kappa shape index (κ1) is 14.2. The summed E-state index contributed by atoms with van der Waals surface area (Å²) in [6, 6.07) is 13.7.